The van der Waals surface area contributed by atoms with Crippen molar-refractivity contribution in [1.29, 1.82) is 0 Å². The van der Waals surface area contributed by atoms with Crippen molar-refractivity contribution in [1.82, 2.24) is 10.6 Å². The first kappa shape index (κ1) is 37.8. The molecule has 0 aliphatic carbocycles. The molecule has 0 bridgehead atoms. The molecular formula is C38H35Cl2N3O9. The number of carbonyl (C=O) groups is 5. The van der Waals surface area contributed by atoms with Crippen LogP contribution < -0.4 is 15.4 Å². The summed E-state index contributed by atoms with van der Waals surface area (Å²) >= 11 is 12.1. The summed E-state index contributed by atoms with van der Waals surface area (Å²) in [7, 11) is 0. The molecular weight excluding hydrogens is 713 g/mol. The van der Waals surface area contributed by atoms with Gasteiger partial charge in [0.05, 0.1) is 33.8 Å². The van der Waals surface area contributed by atoms with E-state index in [0.29, 0.717) is 17.0 Å². The lowest BCUT2D eigenvalue weighted by molar-refractivity contribution is -0.151. The van der Waals surface area contributed by atoms with Crippen LogP contribution in [0.5, 0.6) is 5.75 Å². The molecule has 14 heteroatoms. The molecule has 3 N–H and O–H groups in total. The first-order valence-corrected chi connectivity index (χ1v) is 17.0. The van der Waals surface area contributed by atoms with E-state index in [-0.39, 0.29) is 33.9 Å². The van der Waals surface area contributed by atoms with Crippen LogP contribution in [0, 0.1) is 5.92 Å². The number of benzene rings is 4. The fraction of sp³-hybridized carbons (Fsp3) is 0.263. The zero-order valence-electron chi connectivity index (χ0n) is 28.1. The predicted octanol–water partition coefficient (Wildman–Crippen LogP) is 5.88. The van der Waals surface area contributed by atoms with Crippen LogP contribution in [0.3, 0.4) is 0 Å². The number of ketones is 1. The highest BCUT2D eigenvalue weighted by Gasteiger charge is 2.50. The van der Waals surface area contributed by atoms with Gasteiger partial charge in [-0.2, -0.15) is 0 Å². The number of Topliss-reactive ketones (excluding diaryl/α,β-unsaturated/α-hetero) is 1. The van der Waals surface area contributed by atoms with Gasteiger partial charge in [-0.3, -0.25) is 19.2 Å². The van der Waals surface area contributed by atoms with E-state index >= 15 is 0 Å². The van der Waals surface area contributed by atoms with Gasteiger partial charge in [-0.05, 0) is 53.1 Å². The molecule has 4 aromatic rings. The summed E-state index contributed by atoms with van der Waals surface area (Å²) < 4.78 is 11.0. The Morgan fingerprint density at radius 1 is 0.885 bits per heavy atom. The summed E-state index contributed by atoms with van der Waals surface area (Å²) in [4.78, 5) is 71.1. The van der Waals surface area contributed by atoms with Crippen LogP contribution in [0.25, 0.3) is 10.8 Å². The molecule has 0 spiro atoms. The highest BCUT2D eigenvalue weighted by molar-refractivity contribution is 6.39. The number of rotatable bonds is 15. The maximum atomic E-state index is 14.1. The van der Waals surface area contributed by atoms with Crippen LogP contribution in [-0.4, -0.2) is 71.3 Å². The SMILES string of the molecule is CC(C)C(NC(=O)c1ccc2ccccc2c1)C1=NOC(COc2ccccc2)(C(=O)N[C@@H](CC(=O)O)C(=O)COC(=O)c2c(Cl)cccc2Cl)C1. The quantitative estimate of drug-likeness (QED) is 0.126. The van der Waals surface area contributed by atoms with Gasteiger partial charge in [0, 0.05) is 12.0 Å². The second-order valence-corrected chi connectivity index (χ2v) is 13.3. The molecule has 3 atom stereocenters. The summed E-state index contributed by atoms with van der Waals surface area (Å²) in [6.07, 6.45) is -1.02. The van der Waals surface area contributed by atoms with Crippen molar-refractivity contribution in [3.63, 3.8) is 0 Å². The zero-order chi connectivity index (χ0) is 37.4. The molecule has 1 aliphatic rings. The number of esters is 1. The van der Waals surface area contributed by atoms with Crippen LogP contribution >= 0.6 is 23.2 Å². The van der Waals surface area contributed by atoms with E-state index in [1.54, 1.807) is 42.5 Å². The Labute approximate surface area is 309 Å². The number of nitrogens with one attached hydrogen (secondary N) is 2. The summed E-state index contributed by atoms with van der Waals surface area (Å²) in [5, 5.41) is 21.1. The van der Waals surface area contributed by atoms with E-state index in [0.717, 1.165) is 10.8 Å². The van der Waals surface area contributed by atoms with Crippen molar-refractivity contribution in [3.05, 3.63) is 112 Å². The number of hydrogen-bond acceptors (Lipinski definition) is 9. The molecule has 0 radical (unpaired) electrons. The van der Waals surface area contributed by atoms with Crippen molar-refractivity contribution in [2.75, 3.05) is 13.2 Å². The van der Waals surface area contributed by atoms with Gasteiger partial charge < -0.3 is 30.1 Å². The number of carboxylic acid groups (broad SMARTS) is 1. The number of aliphatic carboxylic acids is 1. The molecule has 270 valence electrons. The number of oxime groups is 1. The lowest BCUT2D eigenvalue weighted by atomic mass is 9.89. The van der Waals surface area contributed by atoms with Crippen molar-refractivity contribution in [2.24, 2.45) is 11.1 Å². The van der Waals surface area contributed by atoms with Crippen LogP contribution in [0.2, 0.25) is 10.0 Å². The minimum atomic E-state index is -1.88. The molecule has 1 aliphatic heterocycles. The van der Waals surface area contributed by atoms with Gasteiger partial charge in [0.1, 0.15) is 18.4 Å². The average Bonchev–Trinajstić information content (AvgIpc) is 3.56. The molecule has 0 saturated heterocycles. The number of para-hydroxylation sites is 1. The molecule has 52 heavy (non-hydrogen) atoms. The van der Waals surface area contributed by atoms with Gasteiger partial charge in [-0.15, -0.1) is 0 Å². The van der Waals surface area contributed by atoms with Gasteiger partial charge in [0.25, 0.3) is 17.4 Å². The van der Waals surface area contributed by atoms with Crippen LogP contribution in [0.1, 0.15) is 47.4 Å². The van der Waals surface area contributed by atoms with Crippen molar-refractivity contribution in [2.45, 2.75) is 44.4 Å². The second kappa shape index (κ2) is 16.7. The Morgan fingerprint density at radius 3 is 2.23 bits per heavy atom. The van der Waals surface area contributed by atoms with Crippen molar-refractivity contribution in [3.8, 4) is 5.75 Å². The number of halogens is 2. The standard InChI is InChI=1S/C38H35Cl2N3O9/c1-22(2)34(42-35(47)25-16-15-23-9-6-7-10-24(23)17-25)30-19-38(52-43-30,21-51-26-11-4-3-5-12-26)37(49)41-29(18-32(45)46)31(44)20-50-36(48)33-27(39)13-8-14-28(33)40/h3-17,22,29,34H,18-21H2,1-2H3,(H,41,49)(H,42,47)(H,45,46)/t29-,34?,38?/m0/s1. The zero-order valence-corrected chi connectivity index (χ0v) is 29.6. The average molecular weight is 749 g/mol. The van der Waals surface area contributed by atoms with E-state index in [2.05, 4.69) is 15.8 Å². The van der Waals surface area contributed by atoms with Gasteiger partial charge in [-0.1, -0.05) is 96.8 Å². The molecule has 12 nitrogen and oxygen atoms in total. The Kier molecular flexibility index (Phi) is 12.1. The molecule has 2 amide bonds. The number of carboxylic acids is 1. The van der Waals surface area contributed by atoms with E-state index < -0.39 is 60.9 Å². The summed E-state index contributed by atoms with van der Waals surface area (Å²) in [6.45, 7) is 2.44. The third-order valence-electron chi connectivity index (χ3n) is 8.34. The molecule has 0 aromatic heterocycles. The minimum Gasteiger partial charge on any atom is -0.489 e. The molecule has 2 unspecified atom stereocenters. The predicted molar refractivity (Wildman–Crippen MR) is 194 cm³/mol. The van der Waals surface area contributed by atoms with Gasteiger partial charge >= 0.3 is 11.9 Å². The summed E-state index contributed by atoms with van der Waals surface area (Å²) in [5.74, 6) is -4.43. The van der Waals surface area contributed by atoms with Crippen molar-refractivity contribution >= 4 is 69.2 Å². The molecule has 4 aromatic carbocycles. The lowest BCUT2D eigenvalue weighted by Crippen LogP contribution is -2.57. The Bertz CT molecular complexity index is 2000. The van der Waals surface area contributed by atoms with Crippen LogP contribution in [0.15, 0.2) is 96.2 Å². The highest BCUT2D eigenvalue weighted by Crippen LogP contribution is 2.30. The normalized spacial score (nSPS) is 16.3. The maximum Gasteiger partial charge on any atom is 0.341 e. The van der Waals surface area contributed by atoms with E-state index in [4.69, 9.17) is 37.5 Å². The van der Waals surface area contributed by atoms with E-state index in [1.807, 2.05) is 44.2 Å². The summed E-state index contributed by atoms with van der Waals surface area (Å²) in [5.41, 5.74) is -1.31. The van der Waals surface area contributed by atoms with Crippen LogP contribution in [-0.2, 0) is 24.0 Å². The fourth-order valence-electron chi connectivity index (χ4n) is 5.55. The molecule has 0 saturated carbocycles. The van der Waals surface area contributed by atoms with Gasteiger partial charge in [-0.25, -0.2) is 4.79 Å². The minimum absolute atomic E-state index is 0.0111. The third-order valence-corrected chi connectivity index (χ3v) is 8.97. The largest absolute Gasteiger partial charge is 0.489 e. The fourth-order valence-corrected chi connectivity index (χ4v) is 6.10. The van der Waals surface area contributed by atoms with Crippen LogP contribution in [0.4, 0.5) is 0 Å². The topological polar surface area (TPSA) is 170 Å². The van der Waals surface area contributed by atoms with E-state index in [1.165, 1.54) is 18.2 Å². The third kappa shape index (κ3) is 9.06. The summed E-state index contributed by atoms with van der Waals surface area (Å²) in [6, 6.07) is 23.6. The molecule has 1 heterocycles. The van der Waals surface area contributed by atoms with Crippen molar-refractivity contribution < 1.29 is 43.4 Å². The number of nitrogens with zero attached hydrogens (tertiary/aromatic N) is 1. The number of carbonyl (C=O) groups excluding carboxylic acids is 4. The number of ether oxygens (including phenoxy) is 2. The number of hydrogen-bond donors (Lipinski definition) is 3. The Morgan fingerprint density at radius 2 is 1.56 bits per heavy atom. The lowest BCUT2D eigenvalue weighted by Gasteiger charge is -2.28. The smallest absolute Gasteiger partial charge is 0.341 e. The number of fused-ring (bicyclic) bond motifs is 1. The van der Waals surface area contributed by atoms with E-state index in [9.17, 15) is 29.1 Å². The first-order chi connectivity index (χ1) is 24.9. The number of amides is 2. The maximum absolute atomic E-state index is 14.1. The van der Waals surface area contributed by atoms with Gasteiger partial charge in [0.2, 0.25) is 0 Å². The first-order valence-electron chi connectivity index (χ1n) is 16.3. The highest BCUT2D eigenvalue weighted by atomic mass is 35.5. The molecule has 0 fully saturated rings. The van der Waals surface area contributed by atoms with Gasteiger partial charge in [0.15, 0.2) is 12.4 Å². The Hall–Kier alpha value is -5.46. The second-order valence-electron chi connectivity index (χ2n) is 12.5. The molecule has 5 rings (SSSR count). The monoisotopic (exact) mass is 747 g/mol. The Balaban J connectivity index is 1.34.